The van der Waals surface area contributed by atoms with Crippen molar-refractivity contribution in [3.05, 3.63) is 65.2 Å². The maximum atomic E-state index is 12.4. The van der Waals surface area contributed by atoms with Crippen LogP contribution in [0.2, 0.25) is 0 Å². The van der Waals surface area contributed by atoms with Gasteiger partial charge in [-0.2, -0.15) is 0 Å². The number of rotatable bonds is 7. The molecule has 0 radical (unpaired) electrons. The highest BCUT2D eigenvalue weighted by Gasteiger charge is 2.16. The van der Waals surface area contributed by atoms with Crippen molar-refractivity contribution < 1.29 is 9.53 Å². The molecule has 0 aromatic heterocycles. The topological polar surface area (TPSA) is 41.6 Å². The van der Waals surface area contributed by atoms with Crippen LogP contribution >= 0.6 is 0 Å². The molecule has 0 aliphatic heterocycles. The van der Waals surface area contributed by atoms with Crippen molar-refractivity contribution in [2.24, 2.45) is 0 Å². The Morgan fingerprint density at radius 1 is 1.12 bits per heavy atom. The maximum Gasteiger partial charge on any atom is 0.258 e. The van der Waals surface area contributed by atoms with Gasteiger partial charge in [-0.15, -0.1) is 0 Å². The molecule has 0 heterocycles. The van der Waals surface area contributed by atoms with E-state index in [0.717, 1.165) is 30.7 Å². The highest BCUT2D eigenvalue weighted by atomic mass is 16.5. The second kappa shape index (κ2) is 8.17. The summed E-state index contributed by atoms with van der Waals surface area (Å²) < 4.78 is 5.71. The van der Waals surface area contributed by atoms with Crippen LogP contribution in [-0.4, -0.2) is 38.1 Å². The lowest BCUT2D eigenvalue weighted by atomic mass is 10.1. The minimum absolute atomic E-state index is 0.0373. The summed E-state index contributed by atoms with van der Waals surface area (Å²) in [5.74, 6) is 0.677. The lowest BCUT2D eigenvalue weighted by molar-refractivity contribution is -0.124. The summed E-state index contributed by atoms with van der Waals surface area (Å²) in [7, 11) is 4.01. The van der Waals surface area contributed by atoms with E-state index in [-0.39, 0.29) is 18.6 Å². The first kappa shape index (κ1) is 17.5. The van der Waals surface area contributed by atoms with Crippen molar-refractivity contribution in [1.82, 2.24) is 10.2 Å². The smallest absolute Gasteiger partial charge is 0.258 e. The highest BCUT2D eigenvalue weighted by Crippen LogP contribution is 2.26. The minimum Gasteiger partial charge on any atom is -0.484 e. The van der Waals surface area contributed by atoms with Gasteiger partial charge in [0.2, 0.25) is 0 Å². The summed E-state index contributed by atoms with van der Waals surface area (Å²) in [6.07, 6.45) is 3.47. The van der Waals surface area contributed by atoms with Gasteiger partial charge in [0.25, 0.3) is 5.91 Å². The van der Waals surface area contributed by atoms with E-state index in [1.54, 1.807) is 0 Å². The number of fused-ring (bicyclic) bond motifs is 1. The number of nitrogens with one attached hydrogen (secondary N) is 1. The number of benzene rings is 2. The molecular weight excluding hydrogens is 312 g/mol. The number of hydrogen-bond donors (Lipinski definition) is 1. The van der Waals surface area contributed by atoms with Crippen molar-refractivity contribution in [3.8, 4) is 5.75 Å². The summed E-state index contributed by atoms with van der Waals surface area (Å²) in [5.41, 5.74) is 3.86. The minimum atomic E-state index is -0.101. The second-order valence-corrected chi connectivity index (χ2v) is 6.87. The van der Waals surface area contributed by atoms with E-state index in [0.29, 0.717) is 0 Å². The largest absolute Gasteiger partial charge is 0.484 e. The van der Waals surface area contributed by atoms with Gasteiger partial charge in [-0.05, 0) is 62.2 Å². The van der Waals surface area contributed by atoms with Crippen molar-refractivity contribution in [2.75, 3.05) is 27.2 Å². The molecule has 1 aliphatic rings. The fourth-order valence-electron chi connectivity index (χ4n) is 3.31. The number of aryl methyl sites for hydroxylation is 2. The molecule has 3 rings (SSSR count). The number of amides is 1. The number of carbonyl (C=O) groups excluding carboxylic acids is 1. The fraction of sp³-hybridized carbons (Fsp3) is 0.381. The molecule has 2 aromatic rings. The predicted octanol–water partition coefficient (Wildman–Crippen LogP) is 2.97. The molecule has 4 heteroatoms. The average Bonchev–Trinajstić information content (AvgIpc) is 3.07. The molecular formula is C21H26N2O2. The highest BCUT2D eigenvalue weighted by molar-refractivity contribution is 5.78. The zero-order valence-corrected chi connectivity index (χ0v) is 15.0. The summed E-state index contributed by atoms with van der Waals surface area (Å²) in [4.78, 5) is 14.4. The number of ether oxygens (including phenoxy) is 1. The molecule has 4 nitrogen and oxygen atoms in total. The van der Waals surface area contributed by atoms with Crippen LogP contribution in [0.3, 0.4) is 0 Å². The van der Waals surface area contributed by atoms with Gasteiger partial charge in [0.1, 0.15) is 5.75 Å². The molecule has 1 amide bonds. The molecule has 0 bridgehead atoms. The van der Waals surface area contributed by atoms with Crippen LogP contribution in [0.4, 0.5) is 0 Å². The Bertz CT molecular complexity index is 713. The van der Waals surface area contributed by atoms with Gasteiger partial charge < -0.3 is 15.0 Å². The third-order valence-electron chi connectivity index (χ3n) is 4.52. The molecule has 2 aromatic carbocycles. The van der Waals surface area contributed by atoms with E-state index in [1.807, 2.05) is 50.5 Å². The monoisotopic (exact) mass is 338 g/mol. The lowest BCUT2D eigenvalue weighted by Crippen LogP contribution is -2.37. The van der Waals surface area contributed by atoms with Crippen LogP contribution in [0.15, 0.2) is 48.5 Å². The Balaban J connectivity index is 1.58. The summed E-state index contributed by atoms with van der Waals surface area (Å²) in [6.45, 7) is 0.782. The summed E-state index contributed by atoms with van der Waals surface area (Å²) >= 11 is 0. The quantitative estimate of drug-likeness (QED) is 0.844. The number of hydrogen-bond acceptors (Lipinski definition) is 3. The van der Waals surface area contributed by atoms with E-state index in [2.05, 4.69) is 22.3 Å². The number of nitrogens with zero attached hydrogens (tertiary/aromatic N) is 1. The molecule has 1 atom stereocenters. The first-order chi connectivity index (χ1) is 12.1. The summed E-state index contributed by atoms with van der Waals surface area (Å²) in [6, 6.07) is 16.1. The van der Waals surface area contributed by atoms with E-state index in [9.17, 15) is 4.79 Å². The Hall–Kier alpha value is -2.33. The van der Waals surface area contributed by atoms with Crippen LogP contribution in [0.5, 0.6) is 5.75 Å². The van der Waals surface area contributed by atoms with Gasteiger partial charge in [-0.3, -0.25) is 4.79 Å². The van der Waals surface area contributed by atoms with Crippen molar-refractivity contribution >= 4 is 5.91 Å². The first-order valence-corrected chi connectivity index (χ1v) is 8.85. The third kappa shape index (κ3) is 4.83. The number of carbonyl (C=O) groups is 1. The zero-order chi connectivity index (χ0) is 17.6. The van der Waals surface area contributed by atoms with E-state index in [1.165, 1.54) is 17.5 Å². The molecule has 0 unspecified atom stereocenters. The van der Waals surface area contributed by atoms with Gasteiger partial charge in [0.05, 0.1) is 6.04 Å². The standard InChI is InChI=1S/C21H26N2O2/c1-23(2)14-20(17-7-4-3-5-8-17)22-21(24)15-25-19-12-11-16-9-6-10-18(16)13-19/h3-5,7-8,11-13,20H,6,9-10,14-15H2,1-2H3,(H,22,24)/t20-/m0/s1. The van der Waals surface area contributed by atoms with Gasteiger partial charge in [0, 0.05) is 6.54 Å². The Kier molecular flexibility index (Phi) is 5.71. The molecule has 0 saturated heterocycles. The predicted molar refractivity (Wildman–Crippen MR) is 99.8 cm³/mol. The van der Waals surface area contributed by atoms with Crippen LogP contribution in [0, 0.1) is 0 Å². The van der Waals surface area contributed by atoms with E-state index in [4.69, 9.17) is 4.74 Å². The van der Waals surface area contributed by atoms with Gasteiger partial charge >= 0.3 is 0 Å². The van der Waals surface area contributed by atoms with Gasteiger partial charge in [-0.25, -0.2) is 0 Å². The van der Waals surface area contributed by atoms with Crippen molar-refractivity contribution in [3.63, 3.8) is 0 Å². The average molecular weight is 338 g/mol. The Morgan fingerprint density at radius 2 is 1.88 bits per heavy atom. The molecule has 132 valence electrons. The van der Waals surface area contributed by atoms with Crippen LogP contribution < -0.4 is 10.1 Å². The molecule has 25 heavy (non-hydrogen) atoms. The van der Waals surface area contributed by atoms with E-state index < -0.39 is 0 Å². The van der Waals surface area contributed by atoms with Crippen molar-refractivity contribution in [2.45, 2.75) is 25.3 Å². The zero-order valence-electron chi connectivity index (χ0n) is 15.0. The normalized spacial score (nSPS) is 14.2. The third-order valence-corrected chi connectivity index (χ3v) is 4.52. The molecule has 0 spiro atoms. The Morgan fingerprint density at radius 3 is 2.64 bits per heavy atom. The molecule has 0 fully saturated rings. The SMILES string of the molecule is CN(C)C[C@H](NC(=O)COc1ccc2c(c1)CCC2)c1ccccc1. The molecule has 0 saturated carbocycles. The number of likely N-dealkylation sites (N-methyl/N-ethyl adjacent to an activating group) is 1. The van der Waals surface area contributed by atoms with Crippen LogP contribution in [0.25, 0.3) is 0 Å². The van der Waals surface area contributed by atoms with E-state index >= 15 is 0 Å². The fourth-order valence-corrected chi connectivity index (χ4v) is 3.31. The lowest BCUT2D eigenvalue weighted by Gasteiger charge is -2.23. The van der Waals surface area contributed by atoms with Crippen molar-refractivity contribution in [1.29, 1.82) is 0 Å². The van der Waals surface area contributed by atoms with Crippen LogP contribution in [0.1, 0.15) is 29.2 Å². The molecule has 1 aliphatic carbocycles. The van der Waals surface area contributed by atoms with Gasteiger partial charge in [-0.1, -0.05) is 36.4 Å². The first-order valence-electron chi connectivity index (χ1n) is 8.85. The summed E-state index contributed by atoms with van der Waals surface area (Å²) in [5, 5.41) is 3.08. The van der Waals surface area contributed by atoms with Gasteiger partial charge in [0.15, 0.2) is 6.61 Å². The maximum absolute atomic E-state index is 12.4. The molecule has 1 N–H and O–H groups in total. The Labute approximate surface area is 149 Å². The second-order valence-electron chi connectivity index (χ2n) is 6.87. The van der Waals surface area contributed by atoms with Crippen LogP contribution in [-0.2, 0) is 17.6 Å².